The highest BCUT2D eigenvalue weighted by Gasteiger charge is 2.39. The first kappa shape index (κ1) is 9.46. The van der Waals surface area contributed by atoms with E-state index >= 15 is 0 Å². The molecule has 0 saturated heterocycles. The van der Waals surface area contributed by atoms with Crippen molar-refractivity contribution in [2.24, 2.45) is 11.8 Å². The van der Waals surface area contributed by atoms with Gasteiger partial charge in [0, 0.05) is 17.9 Å². The third-order valence-electron chi connectivity index (χ3n) is 3.06. The van der Waals surface area contributed by atoms with Crippen LogP contribution < -0.4 is 0 Å². The molecule has 3 atom stereocenters. The molecule has 0 saturated carbocycles. The Morgan fingerprint density at radius 3 is 2.86 bits per heavy atom. The highest BCUT2D eigenvalue weighted by Crippen LogP contribution is 2.35. The topological polar surface area (TPSA) is 46.5 Å². The standard InChI is InChI=1S/C11H14O3/c1-14-10-6-9(12)7-4-2-3-5-8(7)11(10)13/h2-3,6-8,11,13H,4-5H2,1H3/t7-,8+,11?/m1/s1. The van der Waals surface area contributed by atoms with Gasteiger partial charge in [-0.3, -0.25) is 4.79 Å². The maximum atomic E-state index is 11.6. The molecule has 0 spiro atoms. The molecule has 3 heteroatoms. The van der Waals surface area contributed by atoms with Crippen LogP contribution >= 0.6 is 0 Å². The molecule has 14 heavy (non-hydrogen) atoms. The Hall–Kier alpha value is -1.09. The van der Waals surface area contributed by atoms with Crippen LogP contribution in [-0.2, 0) is 9.53 Å². The van der Waals surface area contributed by atoms with Crippen molar-refractivity contribution < 1.29 is 14.6 Å². The zero-order valence-corrected chi connectivity index (χ0v) is 8.14. The summed E-state index contributed by atoms with van der Waals surface area (Å²) in [5, 5.41) is 9.90. The van der Waals surface area contributed by atoms with Crippen molar-refractivity contribution in [1.29, 1.82) is 0 Å². The molecule has 2 aliphatic carbocycles. The monoisotopic (exact) mass is 194 g/mol. The first-order valence-corrected chi connectivity index (χ1v) is 4.86. The number of ether oxygens (including phenoxy) is 1. The Kier molecular flexibility index (Phi) is 2.42. The second-order valence-corrected chi connectivity index (χ2v) is 3.81. The number of hydrogen-bond acceptors (Lipinski definition) is 3. The summed E-state index contributed by atoms with van der Waals surface area (Å²) in [5.74, 6) is 0.453. The van der Waals surface area contributed by atoms with E-state index in [1.807, 2.05) is 12.2 Å². The van der Waals surface area contributed by atoms with Crippen LogP contribution in [0.3, 0.4) is 0 Å². The molecule has 0 bridgehead atoms. The number of aliphatic hydroxyl groups is 1. The molecule has 0 radical (unpaired) electrons. The van der Waals surface area contributed by atoms with Crippen molar-refractivity contribution >= 4 is 5.78 Å². The molecule has 0 fully saturated rings. The first-order chi connectivity index (χ1) is 6.74. The van der Waals surface area contributed by atoms with Crippen LogP contribution in [-0.4, -0.2) is 24.1 Å². The highest BCUT2D eigenvalue weighted by atomic mass is 16.5. The molecule has 0 aromatic carbocycles. The molecule has 76 valence electrons. The molecule has 0 aliphatic heterocycles. The van der Waals surface area contributed by atoms with Crippen LogP contribution in [0.15, 0.2) is 24.0 Å². The van der Waals surface area contributed by atoms with Gasteiger partial charge in [-0.15, -0.1) is 0 Å². The van der Waals surface area contributed by atoms with Gasteiger partial charge < -0.3 is 9.84 Å². The fourth-order valence-corrected chi connectivity index (χ4v) is 2.23. The van der Waals surface area contributed by atoms with Gasteiger partial charge in [0.05, 0.1) is 7.11 Å². The summed E-state index contributed by atoms with van der Waals surface area (Å²) in [4.78, 5) is 11.6. The van der Waals surface area contributed by atoms with E-state index in [0.29, 0.717) is 5.76 Å². The number of methoxy groups -OCH3 is 1. The fraction of sp³-hybridized carbons (Fsp3) is 0.545. The first-order valence-electron chi connectivity index (χ1n) is 4.86. The minimum Gasteiger partial charge on any atom is -0.498 e. The summed E-state index contributed by atoms with van der Waals surface area (Å²) in [7, 11) is 1.49. The molecule has 0 heterocycles. The number of rotatable bonds is 1. The lowest BCUT2D eigenvalue weighted by molar-refractivity contribution is -0.123. The van der Waals surface area contributed by atoms with Crippen molar-refractivity contribution in [3.8, 4) is 0 Å². The van der Waals surface area contributed by atoms with Gasteiger partial charge in [-0.2, -0.15) is 0 Å². The summed E-state index contributed by atoms with van der Waals surface area (Å²) in [6.07, 6.45) is 6.36. The molecule has 0 aromatic rings. The van der Waals surface area contributed by atoms with Crippen molar-refractivity contribution in [2.75, 3.05) is 7.11 Å². The average Bonchev–Trinajstić information content (AvgIpc) is 2.23. The average molecular weight is 194 g/mol. The van der Waals surface area contributed by atoms with Crippen LogP contribution in [0, 0.1) is 11.8 Å². The number of aliphatic hydroxyl groups excluding tert-OH is 1. The van der Waals surface area contributed by atoms with Gasteiger partial charge in [-0.1, -0.05) is 12.2 Å². The quantitative estimate of drug-likeness (QED) is 0.634. The van der Waals surface area contributed by atoms with Crippen LogP contribution in [0.25, 0.3) is 0 Å². The minimum atomic E-state index is -0.618. The van der Waals surface area contributed by atoms with E-state index < -0.39 is 6.10 Å². The summed E-state index contributed by atoms with van der Waals surface area (Å²) in [6, 6.07) is 0. The zero-order valence-electron chi connectivity index (χ0n) is 8.14. The van der Waals surface area contributed by atoms with Gasteiger partial charge in [0.2, 0.25) is 0 Å². The predicted octanol–water partition coefficient (Wildman–Crippen LogP) is 1.04. The number of fused-ring (bicyclic) bond motifs is 1. The molecule has 0 aromatic heterocycles. The third kappa shape index (κ3) is 1.38. The van der Waals surface area contributed by atoms with E-state index in [-0.39, 0.29) is 17.6 Å². The molecular formula is C11H14O3. The summed E-state index contributed by atoms with van der Waals surface area (Å²) in [5.41, 5.74) is 0. The van der Waals surface area contributed by atoms with Crippen LogP contribution in [0.4, 0.5) is 0 Å². The van der Waals surface area contributed by atoms with Crippen LogP contribution in [0.2, 0.25) is 0 Å². The Bertz CT molecular complexity index is 304. The zero-order chi connectivity index (χ0) is 10.1. The summed E-state index contributed by atoms with van der Waals surface area (Å²) < 4.78 is 4.99. The lowest BCUT2D eigenvalue weighted by Crippen LogP contribution is -2.39. The van der Waals surface area contributed by atoms with Crippen molar-refractivity contribution in [1.82, 2.24) is 0 Å². The number of ketones is 1. The van der Waals surface area contributed by atoms with E-state index in [1.165, 1.54) is 13.2 Å². The van der Waals surface area contributed by atoms with Gasteiger partial charge in [-0.25, -0.2) is 0 Å². The van der Waals surface area contributed by atoms with Gasteiger partial charge in [0.25, 0.3) is 0 Å². The molecular weight excluding hydrogens is 180 g/mol. The number of allylic oxidation sites excluding steroid dienone is 3. The predicted molar refractivity (Wildman–Crippen MR) is 51.5 cm³/mol. The smallest absolute Gasteiger partial charge is 0.162 e. The third-order valence-corrected chi connectivity index (χ3v) is 3.06. The van der Waals surface area contributed by atoms with E-state index in [1.54, 1.807) is 0 Å². The Balaban J connectivity index is 2.29. The Morgan fingerprint density at radius 2 is 2.14 bits per heavy atom. The summed E-state index contributed by atoms with van der Waals surface area (Å²) in [6.45, 7) is 0. The molecule has 1 unspecified atom stereocenters. The highest BCUT2D eigenvalue weighted by molar-refractivity contribution is 5.93. The lowest BCUT2D eigenvalue weighted by Gasteiger charge is -2.34. The van der Waals surface area contributed by atoms with Gasteiger partial charge in [0.15, 0.2) is 5.78 Å². The van der Waals surface area contributed by atoms with E-state index in [0.717, 1.165) is 12.8 Å². The van der Waals surface area contributed by atoms with Crippen molar-refractivity contribution in [2.45, 2.75) is 18.9 Å². The lowest BCUT2D eigenvalue weighted by atomic mass is 9.73. The molecule has 3 nitrogen and oxygen atoms in total. The largest absolute Gasteiger partial charge is 0.498 e. The second kappa shape index (κ2) is 3.58. The van der Waals surface area contributed by atoms with Crippen molar-refractivity contribution in [3.05, 3.63) is 24.0 Å². The maximum Gasteiger partial charge on any atom is 0.162 e. The number of carbonyl (C=O) groups excluding carboxylic acids is 1. The number of hydrogen-bond donors (Lipinski definition) is 1. The summed E-state index contributed by atoms with van der Waals surface area (Å²) >= 11 is 0. The van der Waals surface area contributed by atoms with E-state index in [2.05, 4.69) is 0 Å². The molecule has 1 N–H and O–H groups in total. The molecule has 2 aliphatic rings. The van der Waals surface area contributed by atoms with Crippen molar-refractivity contribution in [3.63, 3.8) is 0 Å². The van der Waals surface area contributed by atoms with Crippen LogP contribution in [0.1, 0.15) is 12.8 Å². The Labute approximate surface area is 83.1 Å². The molecule has 2 rings (SSSR count). The van der Waals surface area contributed by atoms with Gasteiger partial charge in [0.1, 0.15) is 11.9 Å². The Morgan fingerprint density at radius 1 is 1.43 bits per heavy atom. The van der Waals surface area contributed by atoms with E-state index in [9.17, 15) is 9.90 Å². The van der Waals surface area contributed by atoms with Gasteiger partial charge in [-0.05, 0) is 12.8 Å². The second-order valence-electron chi connectivity index (χ2n) is 3.81. The number of carbonyl (C=O) groups is 1. The minimum absolute atomic E-state index is 0.00690. The van der Waals surface area contributed by atoms with E-state index in [4.69, 9.17) is 4.74 Å². The van der Waals surface area contributed by atoms with Gasteiger partial charge >= 0.3 is 0 Å². The normalized spacial score (nSPS) is 36.3. The molecule has 0 amide bonds. The fourth-order valence-electron chi connectivity index (χ4n) is 2.23. The SMILES string of the molecule is COC1=CC(=O)[C@@H]2CC=CC[C@@H]2C1O. The van der Waals surface area contributed by atoms with Crippen LogP contribution in [0.5, 0.6) is 0 Å². The maximum absolute atomic E-state index is 11.6.